The van der Waals surface area contributed by atoms with Crippen molar-refractivity contribution >= 4 is 23.2 Å². The molecule has 12 heavy (non-hydrogen) atoms. The summed E-state index contributed by atoms with van der Waals surface area (Å²) in [6.07, 6.45) is 0.192. The van der Waals surface area contributed by atoms with Gasteiger partial charge in [-0.3, -0.25) is 0 Å². The standard InChI is InChI=1S/C9H10Cl2O/c1-2-9(12)6-3-7(10)5-8(11)4-6/h3-5,9,12H,2H2,1H3. The van der Waals surface area contributed by atoms with Crippen molar-refractivity contribution in [1.82, 2.24) is 0 Å². The summed E-state index contributed by atoms with van der Waals surface area (Å²) in [6.45, 7) is 1.90. The molecule has 0 radical (unpaired) electrons. The van der Waals surface area contributed by atoms with E-state index in [0.717, 1.165) is 5.56 Å². The predicted molar refractivity (Wildman–Crippen MR) is 51.7 cm³/mol. The Morgan fingerprint density at radius 3 is 2.17 bits per heavy atom. The molecule has 0 aliphatic carbocycles. The van der Waals surface area contributed by atoms with Gasteiger partial charge >= 0.3 is 0 Å². The largest absolute Gasteiger partial charge is 0.388 e. The zero-order valence-corrected chi connectivity index (χ0v) is 8.23. The van der Waals surface area contributed by atoms with Gasteiger partial charge in [-0.1, -0.05) is 30.1 Å². The van der Waals surface area contributed by atoms with E-state index in [4.69, 9.17) is 23.2 Å². The lowest BCUT2D eigenvalue weighted by atomic mass is 10.1. The van der Waals surface area contributed by atoms with Gasteiger partial charge in [0.1, 0.15) is 0 Å². The van der Waals surface area contributed by atoms with E-state index in [1.165, 1.54) is 0 Å². The van der Waals surface area contributed by atoms with Crippen molar-refractivity contribution in [3.63, 3.8) is 0 Å². The van der Waals surface area contributed by atoms with E-state index in [1.807, 2.05) is 6.92 Å². The summed E-state index contributed by atoms with van der Waals surface area (Å²) in [5, 5.41) is 10.6. The first-order chi connectivity index (χ1) is 5.63. The second-order valence-electron chi connectivity index (χ2n) is 2.63. The van der Waals surface area contributed by atoms with Crippen LogP contribution in [-0.4, -0.2) is 5.11 Å². The Balaban J connectivity index is 3.00. The van der Waals surface area contributed by atoms with E-state index in [1.54, 1.807) is 18.2 Å². The van der Waals surface area contributed by atoms with Crippen LogP contribution in [0.4, 0.5) is 0 Å². The number of benzene rings is 1. The Morgan fingerprint density at radius 1 is 1.25 bits per heavy atom. The highest BCUT2D eigenvalue weighted by atomic mass is 35.5. The first kappa shape index (κ1) is 9.85. The third-order valence-corrected chi connectivity index (χ3v) is 2.09. The van der Waals surface area contributed by atoms with E-state index in [2.05, 4.69) is 0 Å². The maximum atomic E-state index is 9.46. The summed E-state index contributed by atoms with van der Waals surface area (Å²) in [5.74, 6) is 0. The molecule has 0 aromatic heterocycles. The van der Waals surface area contributed by atoms with Crippen molar-refractivity contribution in [2.45, 2.75) is 19.4 Å². The van der Waals surface area contributed by atoms with Gasteiger partial charge in [0.15, 0.2) is 0 Å². The van der Waals surface area contributed by atoms with Crippen molar-refractivity contribution < 1.29 is 5.11 Å². The van der Waals surface area contributed by atoms with E-state index >= 15 is 0 Å². The van der Waals surface area contributed by atoms with Gasteiger partial charge in [0.2, 0.25) is 0 Å². The van der Waals surface area contributed by atoms with Crippen molar-refractivity contribution in [2.24, 2.45) is 0 Å². The summed E-state index contributed by atoms with van der Waals surface area (Å²) in [7, 11) is 0. The number of aliphatic hydroxyl groups is 1. The molecule has 1 aromatic carbocycles. The van der Waals surface area contributed by atoms with Crippen LogP contribution in [0.1, 0.15) is 25.0 Å². The fourth-order valence-corrected chi connectivity index (χ4v) is 1.55. The predicted octanol–water partition coefficient (Wildman–Crippen LogP) is 3.44. The number of hydrogen-bond donors (Lipinski definition) is 1. The molecular formula is C9H10Cl2O. The molecule has 1 atom stereocenters. The molecule has 1 nitrogen and oxygen atoms in total. The monoisotopic (exact) mass is 204 g/mol. The second-order valence-corrected chi connectivity index (χ2v) is 3.50. The van der Waals surface area contributed by atoms with E-state index in [-0.39, 0.29) is 0 Å². The summed E-state index contributed by atoms with van der Waals surface area (Å²) in [5.41, 5.74) is 0.773. The third kappa shape index (κ3) is 2.37. The Labute approximate surface area is 81.9 Å². The zero-order valence-electron chi connectivity index (χ0n) is 6.72. The molecule has 66 valence electrons. The van der Waals surface area contributed by atoms with Crippen LogP contribution in [-0.2, 0) is 0 Å². The topological polar surface area (TPSA) is 20.2 Å². The minimum atomic E-state index is -0.471. The molecule has 0 amide bonds. The lowest BCUT2D eigenvalue weighted by Crippen LogP contribution is -1.94. The minimum Gasteiger partial charge on any atom is -0.388 e. The maximum Gasteiger partial charge on any atom is 0.0788 e. The van der Waals surface area contributed by atoms with Gasteiger partial charge in [0, 0.05) is 10.0 Å². The smallest absolute Gasteiger partial charge is 0.0788 e. The molecule has 0 saturated carbocycles. The SMILES string of the molecule is CCC(O)c1cc(Cl)cc(Cl)c1. The molecule has 1 N–H and O–H groups in total. The van der Waals surface area contributed by atoms with Crippen LogP contribution in [0.2, 0.25) is 10.0 Å². The number of aliphatic hydroxyl groups excluding tert-OH is 1. The lowest BCUT2D eigenvalue weighted by molar-refractivity contribution is 0.173. The summed E-state index contributed by atoms with van der Waals surface area (Å²) < 4.78 is 0. The number of rotatable bonds is 2. The molecule has 0 aliphatic heterocycles. The van der Waals surface area contributed by atoms with Crippen LogP contribution >= 0.6 is 23.2 Å². The highest BCUT2D eigenvalue weighted by Gasteiger charge is 2.06. The first-order valence-corrected chi connectivity index (χ1v) is 4.53. The van der Waals surface area contributed by atoms with Crippen molar-refractivity contribution in [2.75, 3.05) is 0 Å². The maximum absolute atomic E-state index is 9.46. The molecule has 1 aromatic rings. The van der Waals surface area contributed by atoms with Crippen LogP contribution in [0.5, 0.6) is 0 Å². The van der Waals surface area contributed by atoms with Gasteiger partial charge < -0.3 is 5.11 Å². The van der Waals surface area contributed by atoms with Gasteiger partial charge in [0.05, 0.1) is 6.10 Å². The summed E-state index contributed by atoms with van der Waals surface area (Å²) >= 11 is 11.5. The Hall–Kier alpha value is -0.240. The third-order valence-electron chi connectivity index (χ3n) is 1.66. The minimum absolute atomic E-state index is 0.471. The first-order valence-electron chi connectivity index (χ1n) is 3.77. The number of halogens is 2. The van der Waals surface area contributed by atoms with Crippen LogP contribution in [0.15, 0.2) is 18.2 Å². The molecule has 0 spiro atoms. The average molecular weight is 205 g/mol. The summed E-state index contributed by atoms with van der Waals surface area (Å²) in [6, 6.07) is 5.10. The van der Waals surface area contributed by atoms with E-state index in [0.29, 0.717) is 16.5 Å². The van der Waals surface area contributed by atoms with Crippen molar-refractivity contribution in [1.29, 1.82) is 0 Å². The molecule has 1 unspecified atom stereocenters. The molecule has 0 fully saturated rings. The second kappa shape index (κ2) is 4.13. The molecular weight excluding hydrogens is 195 g/mol. The highest BCUT2D eigenvalue weighted by Crippen LogP contribution is 2.24. The van der Waals surface area contributed by atoms with Gasteiger partial charge in [-0.25, -0.2) is 0 Å². The molecule has 1 rings (SSSR count). The molecule has 0 bridgehead atoms. The average Bonchev–Trinajstić information content (AvgIpc) is 2.01. The van der Waals surface area contributed by atoms with E-state index in [9.17, 15) is 5.11 Å². The lowest BCUT2D eigenvalue weighted by Gasteiger charge is -2.08. The fourth-order valence-electron chi connectivity index (χ4n) is 1.00. The molecule has 0 heterocycles. The van der Waals surface area contributed by atoms with E-state index < -0.39 is 6.10 Å². The van der Waals surface area contributed by atoms with Crippen LogP contribution < -0.4 is 0 Å². The van der Waals surface area contributed by atoms with Crippen LogP contribution in [0.25, 0.3) is 0 Å². The molecule has 0 saturated heterocycles. The van der Waals surface area contributed by atoms with Crippen LogP contribution in [0, 0.1) is 0 Å². The molecule has 3 heteroatoms. The molecule has 0 aliphatic rings. The number of hydrogen-bond acceptors (Lipinski definition) is 1. The normalized spacial score (nSPS) is 13.0. The van der Waals surface area contributed by atoms with Gasteiger partial charge in [-0.2, -0.15) is 0 Å². The Bertz CT molecular complexity index is 253. The van der Waals surface area contributed by atoms with Crippen molar-refractivity contribution in [3.8, 4) is 0 Å². The van der Waals surface area contributed by atoms with Gasteiger partial charge in [-0.15, -0.1) is 0 Å². The van der Waals surface area contributed by atoms with Gasteiger partial charge in [0.25, 0.3) is 0 Å². The highest BCUT2D eigenvalue weighted by molar-refractivity contribution is 6.34. The zero-order chi connectivity index (χ0) is 9.14. The Kier molecular flexibility index (Phi) is 3.39. The summed E-state index contributed by atoms with van der Waals surface area (Å²) in [4.78, 5) is 0. The van der Waals surface area contributed by atoms with Crippen LogP contribution in [0.3, 0.4) is 0 Å². The quantitative estimate of drug-likeness (QED) is 0.783. The van der Waals surface area contributed by atoms with Gasteiger partial charge in [-0.05, 0) is 30.2 Å². The van der Waals surface area contributed by atoms with Crippen molar-refractivity contribution in [3.05, 3.63) is 33.8 Å². The Morgan fingerprint density at radius 2 is 1.75 bits per heavy atom. The fraction of sp³-hybridized carbons (Fsp3) is 0.333.